The molecule has 0 saturated heterocycles. The summed E-state index contributed by atoms with van der Waals surface area (Å²) in [6.07, 6.45) is 1.48. The monoisotopic (exact) mass is 324 g/mol. The summed E-state index contributed by atoms with van der Waals surface area (Å²) in [7, 11) is 0. The Labute approximate surface area is 116 Å². The third-order valence-corrected chi connectivity index (χ3v) is 4.14. The van der Waals surface area contributed by atoms with Crippen LogP contribution in [0.5, 0.6) is 0 Å². The van der Waals surface area contributed by atoms with E-state index in [0.29, 0.717) is 10.6 Å². The fourth-order valence-electron chi connectivity index (χ4n) is 1.28. The van der Waals surface area contributed by atoms with Crippen LogP contribution in [0, 0.1) is 5.41 Å². The normalized spacial score (nSPS) is 10.1. The lowest BCUT2D eigenvalue weighted by Crippen LogP contribution is -2.20. The summed E-state index contributed by atoms with van der Waals surface area (Å²) < 4.78 is 0.940. The highest BCUT2D eigenvalue weighted by Gasteiger charge is 2.11. The highest BCUT2D eigenvalue weighted by molar-refractivity contribution is 9.10. The minimum absolute atomic E-state index is 0.112. The molecule has 0 unspecified atom stereocenters. The molecule has 0 amide bonds. The van der Waals surface area contributed by atoms with Crippen LogP contribution in [0.1, 0.15) is 5.56 Å². The lowest BCUT2D eigenvalue weighted by Gasteiger charge is -2.08. The van der Waals surface area contributed by atoms with Crippen molar-refractivity contribution >= 4 is 33.5 Å². The van der Waals surface area contributed by atoms with E-state index in [4.69, 9.17) is 10.6 Å². The molecule has 3 N–H and O–H groups in total. The van der Waals surface area contributed by atoms with Gasteiger partial charge < -0.3 is 0 Å². The number of nitrogens with one attached hydrogen (secondary N) is 2. The standard InChI is InChI=1S/C11H9BrN4OS/c12-8-3-1-2-4-9(8)18-11-7(10(13)16-17)5-6-14-15-11/h1-6,17H,(H2,13,16). The molecule has 5 nitrogen and oxygen atoms in total. The van der Waals surface area contributed by atoms with Crippen LogP contribution in [0.3, 0.4) is 0 Å². The van der Waals surface area contributed by atoms with Crippen molar-refractivity contribution in [2.24, 2.45) is 0 Å². The van der Waals surface area contributed by atoms with Crippen molar-refractivity contribution in [3.05, 3.63) is 46.6 Å². The van der Waals surface area contributed by atoms with Crippen LogP contribution in [0.4, 0.5) is 0 Å². The summed E-state index contributed by atoms with van der Waals surface area (Å²) in [5.41, 5.74) is 2.31. The van der Waals surface area contributed by atoms with E-state index in [2.05, 4.69) is 26.1 Å². The molecule has 92 valence electrons. The summed E-state index contributed by atoms with van der Waals surface area (Å²) in [6, 6.07) is 9.32. The first-order valence-corrected chi connectivity index (χ1v) is 6.56. The number of hydrogen-bond donors (Lipinski definition) is 3. The number of rotatable bonds is 3. The lowest BCUT2D eigenvalue weighted by atomic mass is 10.3. The number of hydroxylamine groups is 1. The number of nitrogens with zero attached hydrogens (tertiary/aromatic N) is 2. The van der Waals surface area contributed by atoms with E-state index >= 15 is 0 Å². The Morgan fingerprint density at radius 2 is 2.11 bits per heavy atom. The van der Waals surface area contributed by atoms with E-state index in [1.807, 2.05) is 29.7 Å². The average molecular weight is 325 g/mol. The summed E-state index contributed by atoms with van der Waals surface area (Å²) in [5, 5.41) is 24.7. The molecule has 0 radical (unpaired) electrons. The van der Waals surface area contributed by atoms with Crippen molar-refractivity contribution < 1.29 is 5.21 Å². The molecule has 7 heteroatoms. The van der Waals surface area contributed by atoms with Crippen LogP contribution in [0.2, 0.25) is 0 Å². The molecule has 0 aliphatic rings. The van der Waals surface area contributed by atoms with Gasteiger partial charge in [-0.25, -0.2) is 0 Å². The van der Waals surface area contributed by atoms with Crippen molar-refractivity contribution in [1.82, 2.24) is 15.7 Å². The first-order chi connectivity index (χ1) is 8.72. The van der Waals surface area contributed by atoms with E-state index in [0.717, 1.165) is 9.37 Å². The SMILES string of the molecule is N=C(NO)c1ccnnc1Sc1ccccc1Br. The molecule has 2 aromatic rings. The zero-order chi connectivity index (χ0) is 13.0. The molecule has 2 rings (SSSR count). The Morgan fingerprint density at radius 3 is 2.83 bits per heavy atom. The molecule has 1 aromatic heterocycles. The van der Waals surface area contributed by atoms with Crippen LogP contribution in [-0.2, 0) is 0 Å². The van der Waals surface area contributed by atoms with E-state index < -0.39 is 0 Å². The van der Waals surface area contributed by atoms with E-state index in [1.54, 1.807) is 6.07 Å². The van der Waals surface area contributed by atoms with Gasteiger partial charge in [0.05, 0.1) is 11.8 Å². The predicted octanol–water partition coefficient (Wildman–Crippen LogP) is 2.69. The maximum absolute atomic E-state index is 8.79. The van der Waals surface area contributed by atoms with Crippen LogP contribution in [-0.4, -0.2) is 21.2 Å². The van der Waals surface area contributed by atoms with E-state index in [1.165, 1.54) is 18.0 Å². The van der Waals surface area contributed by atoms with E-state index in [-0.39, 0.29) is 5.84 Å². The Morgan fingerprint density at radius 1 is 1.33 bits per heavy atom. The summed E-state index contributed by atoms with van der Waals surface area (Å²) in [4.78, 5) is 0.963. The van der Waals surface area contributed by atoms with E-state index in [9.17, 15) is 0 Å². The van der Waals surface area contributed by atoms with Gasteiger partial charge in [-0.1, -0.05) is 23.9 Å². The summed E-state index contributed by atoms with van der Waals surface area (Å²) in [5.74, 6) is -0.112. The van der Waals surface area contributed by atoms with Gasteiger partial charge in [0.15, 0.2) is 5.84 Å². The molecular formula is C11H9BrN4OS. The molecule has 1 aromatic carbocycles. The van der Waals surface area contributed by atoms with Crippen molar-refractivity contribution in [3.63, 3.8) is 0 Å². The molecule has 0 saturated carbocycles. The van der Waals surface area contributed by atoms with Crippen LogP contribution < -0.4 is 5.48 Å². The zero-order valence-electron chi connectivity index (χ0n) is 9.09. The van der Waals surface area contributed by atoms with Gasteiger partial charge in [0.2, 0.25) is 0 Å². The smallest absolute Gasteiger partial charge is 0.152 e. The lowest BCUT2D eigenvalue weighted by molar-refractivity contribution is 0.234. The van der Waals surface area contributed by atoms with Gasteiger partial charge in [-0.2, -0.15) is 5.10 Å². The van der Waals surface area contributed by atoms with Crippen molar-refractivity contribution in [3.8, 4) is 0 Å². The quantitative estimate of drug-likeness (QED) is 0.459. The number of benzene rings is 1. The predicted molar refractivity (Wildman–Crippen MR) is 72.0 cm³/mol. The van der Waals surface area contributed by atoms with Crippen LogP contribution >= 0.6 is 27.7 Å². The maximum Gasteiger partial charge on any atom is 0.152 e. The zero-order valence-corrected chi connectivity index (χ0v) is 11.5. The van der Waals surface area contributed by atoms with Gasteiger partial charge in [-0.15, -0.1) is 5.10 Å². The summed E-state index contributed by atoms with van der Waals surface area (Å²) >= 11 is 4.82. The third-order valence-electron chi connectivity index (χ3n) is 2.11. The first kappa shape index (κ1) is 13.0. The Balaban J connectivity index is 2.35. The minimum Gasteiger partial charge on any atom is -0.290 e. The Bertz CT molecular complexity index is 578. The second-order valence-corrected chi connectivity index (χ2v) is 5.15. The Hall–Kier alpha value is -1.44. The van der Waals surface area contributed by atoms with Gasteiger partial charge in [0.1, 0.15) is 5.03 Å². The minimum atomic E-state index is -0.112. The summed E-state index contributed by atoms with van der Waals surface area (Å²) in [6.45, 7) is 0. The Kier molecular flexibility index (Phi) is 4.29. The second kappa shape index (κ2) is 5.94. The molecule has 0 spiro atoms. The largest absolute Gasteiger partial charge is 0.290 e. The van der Waals surface area contributed by atoms with Crippen LogP contribution in [0.25, 0.3) is 0 Å². The molecule has 18 heavy (non-hydrogen) atoms. The van der Waals surface area contributed by atoms with Gasteiger partial charge in [-0.3, -0.25) is 16.1 Å². The van der Waals surface area contributed by atoms with Crippen molar-refractivity contribution in [2.75, 3.05) is 0 Å². The molecule has 0 bridgehead atoms. The fourth-order valence-corrected chi connectivity index (χ4v) is 2.69. The van der Waals surface area contributed by atoms with Gasteiger partial charge in [0.25, 0.3) is 0 Å². The number of halogens is 1. The van der Waals surface area contributed by atoms with Crippen molar-refractivity contribution in [1.29, 1.82) is 5.41 Å². The molecule has 0 atom stereocenters. The topological polar surface area (TPSA) is 81.9 Å². The number of aromatic nitrogens is 2. The average Bonchev–Trinajstić information content (AvgIpc) is 2.41. The fraction of sp³-hybridized carbons (Fsp3) is 0. The van der Waals surface area contributed by atoms with Gasteiger partial charge in [0, 0.05) is 9.37 Å². The van der Waals surface area contributed by atoms with Gasteiger partial charge >= 0.3 is 0 Å². The van der Waals surface area contributed by atoms with Gasteiger partial charge in [-0.05, 0) is 34.1 Å². The second-order valence-electron chi connectivity index (χ2n) is 3.27. The first-order valence-electron chi connectivity index (χ1n) is 4.95. The molecule has 1 heterocycles. The highest BCUT2D eigenvalue weighted by atomic mass is 79.9. The molecular weight excluding hydrogens is 316 g/mol. The van der Waals surface area contributed by atoms with Crippen LogP contribution in [0.15, 0.2) is 50.9 Å². The van der Waals surface area contributed by atoms with Crippen molar-refractivity contribution in [2.45, 2.75) is 9.92 Å². The molecule has 0 aliphatic heterocycles. The molecule has 0 aliphatic carbocycles. The number of hydrogen-bond acceptors (Lipinski definition) is 5. The maximum atomic E-state index is 8.79. The third kappa shape index (κ3) is 2.87. The molecule has 0 fully saturated rings. The highest BCUT2D eigenvalue weighted by Crippen LogP contribution is 2.33. The number of amidine groups is 1.